The van der Waals surface area contributed by atoms with Gasteiger partial charge in [-0.2, -0.15) is 0 Å². The third-order valence-corrected chi connectivity index (χ3v) is 5.49. The van der Waals surface area contributed by atoms with E-state index in [1.807, 2.05) is 18.2 Å². The molecule has 4 heteroatoms. The zero-order chi connectivity index (χ0) is 17.1. The van der Waals surface area contributed by atoms with Crippen molar-refractivity contribution >= 4 is 5.69 Å². The molecule has 0 saturated carbocycles. The minimum atomic E-state index is -0.0757. The Morgan fingerprint density at radius 3 is 2.40 bits per heavy atom. The number of hydrogen-bond donors (Lipinski definition) is 1. The van der Waals surface area contributed by atoms with Crippen LogP contribution in [0.25, 0.3) is 0 Å². The standard InChI is InChI=1S/C21H26N2O2/c24-20-9-5-4-8-19(20)23-14-15-25-21(17-23)10-12-22(13-11-21)16-18-6-2-1-3-7-18/h1-9,24H,10-17H2. The molecule has 2 aromatic carbocycles. The fraction of sp³-hybridized carbons (Fsp3) is 0.429. The van der Waals surface area contributed by atoms with Crippen LogP contribution < -0.4 is 4.90 Å². The highest BCUT2D eigenvalue weighted by atomic mass is 16.5. The fourth-order valence-corrected chi connectivity index (χ4v) is 4.04. The average molecular weight is 338 g/mol. The van der Waals surface area contributed by atoms with Crippen LogP contribution in [-0.4, -0.2) is 48.4 Å². The van der Waals surface area contributed by atoms with Crippen molar-refractivity contribution < 1.29 is 9.84 Å². The van der Waals surface area contributed by atoms with E-state index in [0.717, 1.165) is 57.9 Å². The summed E-state index contributed by atoms with van der Waals surface area (Å²) in [6, 6.07) is 18.3. The fourth-order valence-electron chi connectivity index (χ4n) is 4.04. The van der Waals surface area contributed by atoms with E-state index in [9.17, 15) is 5.11 Å². The first-order valence-electron chi connectivity index (χ1n) is 9.17. The Hall–Kier alpha value is -2.04. The number of morpholine rings is 1. The molecule has 0 unspecified atom stereocenters. The smallest absolute Gasteiger partial charge is 0.138 e. The zero-order valence-corrected chi connectivity index (χ0v) is 14.6. The first-order valence-corrected chi connectivity index (χ1v) is 9.17. The van der Waals surface area contributed by atoms with Crippen molar-refractivity contribution in [2.75, 3.05) is 37.7 Å². The van der Waals surface area contributed by atoms with Crippen molar-refractivity contribution in [3.05, 3.63) is 60.2 Å². The third kappa shape index (κ3) is 3.65. The Kier molecular flexibility index (Phi) is 4.64. The van der Waals surface area contributed by atoms with Gasteiger partial charge < -0.3 is 14.7 Å². The van der Waals surface area contributed by atoms with Gasteiger partial charge in [0.1, 0.15) is 5.75 Å². The second-order valence-corrected chi connectivity index (χ2v) is 7.20. The summed E-state index contributed by atoms with van der Waals surface area (Å²) in [7, 11) is 0. The lowest BCUT2D eigenvalue weighted by Crippen LogP contribution is -2.56. The molecular weight excluding hydrogens is 312 g/mol. The van der Waals surface area contributed by atoms with E-state index < -0.39 is 0 Å². The Balaban J connectivity index is 1.39. The van der Waals surface area contributed by atoms with Gasteiger partial charge in [-0.05, 0) is 30.5 Å². The number of nitrogens with zero attached hydrogens (tertiary/aromatic N) is 2. The number of ether oxygens (including phenoxy) is 1. The second kappa shape index (κ2) is 7.06. The Morgan fingerprint density at radius 2 is 1.64 bits per heavy atom. The lowest BCUT2D eigenvalue weighted by Gasteiger charge is -2.48. The number of hydrogen-bond acceptors (Lipinski definition) is 4. The van der Waals surface area contributed by atoms with Crippen LogP contribution in [0.3, 0.4) is 0 Å². The van der Waals surface area contributed by atoms with Crippen molar-refractivity contribution in [2.45, 2.75) is 25.0 Å². The zero-order valence-electron chi connectivity index (χ0n) is 14.6. The van der Waals surface area contributed by atoms with Crippen LogP contribution in [0.2, 0.25) is 0 Å². The highest BCUT2D eigenvalue weighted by Crippen LogP contribution is 2.35. The molecule has 1 spiro atoms. The molecule has 0 atom stereocenters. The molecule has 2 aromatic rings. The van der Waals surface area contributed by atoms with Crippen molar-refractivity contribution in [3.8, 4) is 5.75 Å². The van der Waals surface area contributed by atoms with Crippen molar-refractivity contribution in [3.63, 3.8) is 0 Å². The maximum absolute atomic E-state index is 10.2. The highest BCUT2D eigenvalue weighted by molar-refractivity contribution is 5.58. The molecule has 0 aromatic heterocycles. The first-order chi connectivity index (χ1) is 12.2. The van der Waals surface area contributed by atoms with Gasteiger partial charge in [-0.1, -0.05) is 42.5 Å². The lowest BCUT2D eigenvalue weighted by molar-refractivity contribution is -0.0921. The molecular formula is C21H26N2O2. The van der Waals surface area contributed by atoms with Gasteiger partial charge in [0.2, 0.25) is 0 Å². The predicted octanol–water partition coefficient (Wildman–Crippen LogP) is 3.26. The van der Waals surface area contributed by atoms with E-state index in [4.69, 9.17) is 4.74 Å². The van der Waals surface area contributed by atoms with Crippen LogP contribution in [0.15, 0.2) is 54.6 Å². The second-order valence-electron chi connectivity index (χ2n) is 7.20. The molecule has 0 bridgehead atoms. The Labute approximate surface area is 149 Å². The number of para-hydroxylation sites is 2. The minimum Gasteiger partial charge on any atom is -0.506 e. The number of phenols is 1. The van der Waals surface area contributed by atoms with E-state index in [0.29, 0.717) is 5.75 Å². The largest absolute Gasteiger partial charge is 0.506 e. The molecule has 2 aliphatic heterocycles. The van der Waals surface area contributed by atoms with Gasteiger partial charge in [0.15, 0.2) is 0 Å². The maximum Gasteiger partial charge on any atom is 0.138 e. The van der Waals surface area contributed by atoms with Gasteiger partial charge >= 0.3 is 0 Å². The summed E-state index contributed by atoms with van der Waals surface area (Å²) in [5, 5.41) is 10.2. The van der Waals surface area contributed by atoms with Crippen molar-refractivity contribution in [1.29, 1.82) is 0 Å². The molecule has 132 valence electrons. The summed E-state index contributed by atoms with van der Waals surface area (Å²) in [4.78, 5) is 4.80. The van der Waals surface area contributed by atoms with E-state index in [1.54, 1.807) is 6.07 Å². The number of benzene rings is 2. The van der Waals surface area contributed by atoms with Gasteiger partial charge in [0.25, 0.3) is 0 Å². The van der Waals surface area contributed by atoms with Crippen LogP contribution in [-0.2, 0) is 11.3 Å². The maximum atomic E-state index is 10.2. The monoisotopic (exact) mass is 338 g/mol. The topological polar surface area (TPSA) is 35.9 Å². The Bertz CT molecular complexity index is 696. The number of likely N-dealkylation sites (tertiary alicyclic amines) is 1. The summed E-state index contributed by atoms with van der Waals surface area (Å²) >= 11 is 0. The number of anilines is 1. The molecule has 4 rings (SSSR count). The minimum absolute atomic E-state index is 0.0757. The van der Waals surface area contributed by atoms with Crippen molar-refractivity contribution in [2.24, 2.45) is 0 Å². The Morgan fingerprint density at radius 1 is 0.920 bits per heavy atom. The predicted molar refractivity (Wildman–Crippen MR) is 100.0 cm³/mol. The number of aromatic hydroxyl groups is 1. The molecule has 25 heavy (non-hydrogen) atoms. The molecule has 2 fully saturated rings. The molecule has 2 saturated heterocycles. The van der Waals surface area contributed by atoms with Crippen LogP contribution in [0.5, 0.6) is 5.75 Å². The van der Waals surface area contributed by atoms with Crippen LogP contribution in [0.1, 0.15) is 18.4 Å². The number of piperidine rings is 1. The molecule has 0 radical (unpaired) electrons. The van der Waals surface area contributed by atoms with E-state index >= 15 is 0 Å². The van der Waals surface area contributed by atoms with Gasteiger partial charge in [0.05, 0.1) is 17.9 Å². The normalized spacial score (nSPS) is 20.7. The first kappa shape index (κ1) is 16.4. The summed E-state index contributed by atoms with van der Waals surface area (Å²) < 4.78 is 6.25. The van der Waals surface area contributed by atoms with Gasteiger partial charge in [-0.15, -0.1) is 0 Å². The SMILES string of the molecule is Oc1ccccc1N1CCOC2(CCN(Cc3ccccc3)CC2)C1. The van der Waals surface area contributed by atoms with E-state index in [1.165, 1.54) is 5.56 Å². The average Bonchev–Trinajstić information content (AvgIpc) is 2.65. The lowest BCUT2D eigenvalue weighted by atomic mass is 9.89. The number of phenolic OH excluding ortho intramolecular Hbond substituents is 1. The van der Waals surface area contributed by atoms with E-state index in [-0.39, 0.29) is 5.60 Å². The molecule has 1 N–H and O–H groups in total. The van der Waals surface area contributed by atoms with Crippen LogP contribution in [0.4, 0.5) is 5.69 Å². The van der Waals surface area contributed by atoms with Gasteiger partial charge in [0, 0.05) is 32.7 Å². The number of rotatable bonds is 3. The highest BCUT2D eigenvalue weighted by Gasteiger charge is 2.40. The summed E-state index contributed by atoms with van der Waals surface area (Å²) in [6.07, 6.45) is 2.09. The summed E-state index contributed by atoms with van der Waals surface area (Å²) in [6.45, 7) is 5.57. The van der Waals surface area contributed by atoms with Gasteiger partial charge in [-0.25, -0.2) is 0 Å². The molecule has 4 nitrogen and oxygen atoms in total. The van der Waals surface area contributed by atoms with Crippen molar-refractivity contribution in [1.82, 2.24) is 4.90 Å². The third-order valence-electron chi connectivity index (χ3n) is 5.49. The molecule has 0 aliphatic carbocycles. The molecule has 0 amide bonds. The summed E-state index contributed by atoms with van der Waals surface area (Å²) in [5.74, 6) is 0.362. The van der Waals surface area contributed by atoms with Crippen LogP contribution in [0, 0.1) is 0 Å². The quantitative estimate of drug-likeness (QED) is 0.932. The molecule has 2 aliphatic rings. The molecule has 2 heterocycles. The van der Waals surface area contributed by atoms with Crippen LogP contribution >= 0.6 is 0 Å². The van der Waals surface area contributed by atoms with Gasteiger partial charge in [-0.3, -0.25) is 4.90 Å². The van der Waals surface area contributed by atoms with E-state index in [2.05, 4.69) is 40.1 Å². The summed E-state index contributed by atoms with van der Waals surface area (Å²) in [5.41, 5.74) is 2.23.